The van der Waals surface area contributed by atoms with Gasteiger partial charge in [0.2, 0.25) is 5.88 Å². The molecule has 1 aromatic heterocycles. The van der Waals surface area contributed by atoms with E-state index in [9.17, 15) is 13.2 Å². The number of nitrogens with zero attached hydrogens (tertiary/aromatic N) is 2. The number of aliphatic hydroxyl groups excluding tert-OH is 1. The summed E-state index contributed by atoms with van der Waals surface area (Å²) in [5, 5.41) is 15.9. The molecule has 0 saturated heterocycles. The number of alkyl halides is 3. The van der Waals surface area contributed by atoms with Gasteiger partial charge in [-0.1, -0.05) is 12.1 Å². The van der Waals surface area contributed by atoms with E-state index in [2.05, 4.69) is 10.2 Å². The lowest BCUT2D eigenvalue weighted by Gasteiger charge is -2.12. The molecule has 1 heterocycles. The lowest BCUT2D eigenvalue weighted by Crippen LogP contribution is -2.07. The van der Waals surface area contributed by atoms with Crippen LogP contribution < -0.4 is 4.74 Å². The molecule has 0 aliphatic rings. The Hall–Kier alpha value is -2.15. The Balaban J connectivity index is 2.28. The van der Waals surface area contributed by atoms with E-state index in [1.807, 2.05) is 0 Å². The van der Waals surface area contributed by atoms with E-state index in [1.54, 1.807) is 0 Å². The van der Waals surface area contributed by atoms with E-state index in [1.165, 1.54) is 30.3 Å². The molecule has 0 aliphatic heterocycles. The minimum absolute atomic E-state index is 0.0751. The first kappa shape index (κ1) is 13.3. The van der Waals surface area contributed by atoms with Gasteiger partial charge in [-0.15, -0.1) is 10.2 Å². The van der Waals surface area contributed by atoms with Gasteiger partial charge in [-0.05, 0) is 18.2 Å². The van der Waals surface area contributed by atoms with Crippen molar-refractivity contribution >= 4 is 0 Å². The Morgan fingerprint density at radius 3 is 2.37 bits per heavy atom. The summed E-state index contributed by atoms with van der Waals surface area (Å²) in [6.07, 6.45) is -4.50. The molecule has 2 aromatic rings. The van der Waals surface area contributed by atoms with E-state index in [0.29, 0.717) is 5.69 Å². The molecule has 0 atom stereocenters. The summed E-state index contributed by atoms with van der Waals surface area (Å²) in [6.45, 7) is -0.299. The van der Waals surface area contributed by atoms with Gasteiger partial charge in [0.1, 0.15) is 5.75 Å². The van der Waals surface area contributed by atoms with E-state index < -0.39 is 11.7 Å². The van der Waals surface area contributed by atoms with Crippen molar-refractivity contribution in [3.05, 3.63) is 47.7 Å². The van der Waals surface area contributed by atoms with Crippen molar-refractivity contribution in [1.82, 2.24) is 10.2 Å². The van der Waals surface area contributed by atoms with Crippen LogP contribution >= 0.6 is 0 Å². The summed E-state index contributed by atoms with van der Waals surface area (Å²) in [4.78, 5) is 0. The number of ether oxygens (including phenoxy) is 1. The first-order valence-electron chi connectivity index (χ1n) is 5.28. The van der Waals surface area contributed by atoms with E-state index in [0.717, 1.165) is 6.07 Å². The average Bonchev–Trinajstić information content (AvgIpc) is 2.39. The van der Waals surface area contributed by atoms with Crippen molar-refractivity contribution < 1.29 is 23.0 Å². The molecule has 1 aromatic carbocycles. The Morgan fingerprint density at radius 2 is 1.79 bits per heavy atom. The number of para-hydroxylation sites is 1. The van der Waals surface area contributed by atoms with Crippen LogP contribution in [-0.4, -0.2) is 15.3 Å². The van der Waals surface area contributed by atoms with Crippen LogP contribution in [-0.2, 0) is 12.8 Å². The van der Waals surface area contributed by atoms with Gasteiger partial charge in [0.15, 0.2) is 0 Å². The number of rotatable bonds is 3. The Labute approximate surface area is 106 Å². The minimum Gasteiger partial charge on any atom is -0.437 e. The zero-order chi connectivity index (χ0) is 13.9. The van der Waals surface area contributed by atoms with Gasteiger partial charge in [-0.25, -0.2) is 0 Å². The first-order valence-corrected chi connectivity index (χ1v) is 5.28. The monoisotopic (exact) mass is 270 g/mol. The molecule has 0 unspecified atom stereocenters. The standard InChI is InChI=1S/C12H9F3N2O2/c13-12(14,15)9-3-1-2-4-10(9)19-11-6-5-8(7-18)16-17-11/h1-6,18H,7H2. The van der Waals surface area contributed by atoms with Crippen LogP contribution in [0.5, 0.6) is 11.6 Å². The van der Waals surface area contributed by atoms with E-state index in [4.69, 9.17) is 9.84 Å². The number of hydrogen-bond donors (Lipinski definition) is 1. The fourth-order valence-electron chi connectivity index (χ4n) is 1.39. The lowest BCUT2D eigenvalue weighted by molar-refractivity contribution is -0.138. The third-order valence-electron chi connectivity index (χ3n) is 2.26. The van der Waals surface area contributed by atoms with E-state index in [-0.39, 0.29) is 18.2 Å². The summed E-state index contributed by atoms with van der Waals surface area (Å²) in [5.74, 6) is -0.421. The van der Waals surface area contributed by atoms with Gasteiger partial charge in [0.25, 0.3) is 0 Å². The molecule has 0 radical (unpaired) electrons. The van der Waals surface area contributed by atoms with Crippen molar-refractivity contribution in [2.45, 2.75) is 12.8 Å². The molecule has 0 aliphatic carbocycles. The van der Waals surface area contributed by atoms with Gasteiger partial charge >= 0.3 is 6.18 Å². The summed E-state index contributed by atoms with van der Waals surface area (Å²) in [7, 11) is 0. The Kier molecular flexibility index (Phi) is 3.66. The van der Waals surface area contributed by atoms with Gasteiger partial charge in [-0.3, -0.25) is 0 Å². The highest BCUT2D eigenvalue weighted by molar-refractivity contribution is 5.37. The molecule has 0 spiro atoms. The molecule has 2 rings (SSSR count). The topological polar surface area (TPSA) is 55.2 Å². The number of aliphatic hydroxyl groups is 1. The largest absolute Gasteiger partial charge is 0.437 e. The summed E-state index contributed by atoms with van der Waals surface area (Å²) in [6, 6.07) is 7.58. The normalized spacial score (nSPS) is 11.4. The van der Waals surface area contributed by atoms with Crippen molar-refractivity contribution in [3.63, 3.8) is 0 Å². The van der Waals surface area contributed by atoms with Crippen LogP contribution in [0.1, 0.15) is 11.3 Å². The molecule has 0 fully saturated rings. The highest BCUT2D eigenvalue weighted by Crippen LogP contribution is 2.37. The summed E-state index contributed by atoms with van der Waals surface area (Å²) in [5.41, 5.74) is -0.584. The minimum atomic E-state index is -4.50. The third-order valence-corrected chi connectivity index (χ3v) is 2.26. The molecule has 0 bridgehead atoms. The predicted octanol–water partition coefficient (Wildman–Crippen LogP) is 2.78. The predicted molar refractivity (Wildman–Crippen MR) is 59.5 cm³/mol. The molecule has 4 nitrogen and oxygen atoms in total. The van der Waals surface area contributed by atoms with Crippen LogP contribution in [0.2, 0.25) is 0 Å². The number of benzene rings is 1. The Morgan fingerprint density at radius 1 is 1.05 bits per heavy atom. The smallest absolute Gasteiger partial charge is 0.419 e. The number of aromatic nitrogens is 2. The lowest BCUT2D eigenvalue weighted by atomic mass is 10.2. The maximum Gasteiger partial charge on any atom is 0.419 e. The van der Waals surface area contributed by atoms with Crippen LogP contribution in [0, 0.1) is 0 Å². The molecule has 7 heteroatoms. The second-order valence-electron chi connectivity index (χ2n) is 3.62. The summed E-state index contributed by atoms with van der Waals surface area (Å²) >= 11 is 0. The second kappa shape index (κ2) is 5.23. The average molecular weight is 270 g/mol. The van der Waals surface area contributed by atoms with Crippen molar-refractivity contribution in [3.8, 4) is 11.6 Å². The van der Waals surface area contributed by atoms with Crippen LogP contribution in [0.3, 0.4) is 0 Å². The fourth-order valence-corrected chi connectivity index (χ4v) is 1.39. The molecular formula is C12H9F3N2O2. The molecule has 100 valence electrons. The van der Waals surface area contributed by atoms with Crippen molar-refractivity contribution in [1.29, 1.82) is 0 Å². The second-order valence-corrected chi connectivity index (χ2v) is 3.62. The number of halogens is 3. The molecule has 1 N–H and O–H groups in total. The van der Waals surface area contributed by atoms with Gasteiger partial charge in [0.05, 0.1) is 17.9 Å². The molecule has 19 heavy (non-hydrogen) atoms. The SMILES string of the molecule is OCc1ccc(Oc2ccccc2C(F)(F)F)nn1. The molecule has 0 saturated carbocycles. The quantitative estimate of drug-likeness (QED) is 0.931. The van der Waals surface area contributed by atoms with Gasteiger partial charge in [-0.2, -0.15) is 13.2 Å². The summed E-state index contributed by atoms with van der Waals surface area (Å²) < 4.78 is 43.2. The Bertz CT molecular complexity index is 556. The maximum absolute atomic E-state index is 12.7. The van der Waals surface area contributed by atoms with Crippen LogP contribution in [0.15, 0.2) is 36.4 Å². The van der Waals surface area contributed by atoms with Crippen LogP contribution in [0.25, 0.3) is 0 Å². The highest BCUT2D eigenvalue weighted by Gasteiger charge is 2.34. The maximum atomic E-state index is 12.7. The third kappa shape index (κ3) is 3.19. The number of hydrogen-bond acceptors (Lipinski definition) is 4. The van der Waals surface area contributed by atoms with Crippen molar-refractivity contribution in [2.75, 3.05) is 0 Å². The van der Waals surface area contributed by atoms with Crippen molar-refractivity contribution in [2.24, 2.45) is 0 Å². The zero-order valence-electron chi connectivity index (χ0n) is 9.55. The van der Waals surface area contributed by atoms with Gasteiger partial charge in [0, 0.05) is 6.07 Å². The molecule has 0 amide bonds. The molecular weight excluding hydrogens is 261 g/mol. The fraction of sp³-hybridized carbons (Fsp3) is 0.167. The highest BCUT2D eigenvalue weighted by atomic mass is 19.4. The van der Waals surface area contributed by atoms with E-state index >= 15 is 0 Å². The van der Waals surface area contributed by atoms with Crippen LogP contribution in [0.4, 0.5) is 13.2 Å². The van der Waals surface area contributed by atoms with Gasteiger partial charge < -0.3 is 9.84 Å². The zero-order valence-corrected chi connectivity index (χ0v) is 9.55. The first-order chi connectivity index (χ1) is 9.00.